The van der Waals surface area contributed by atoms with Gasteiger partial charge < -0.3 is 0 Å². The van der Waals surface area contributed by atoms with Gasteiger partial charge in [-0.2, -0.15) is 0 Å². The molecule has 0 aliphatic carbocycles. The molecule has 13 aromatic carbocycles. The van der Waals surface area contributed by atoms with Gasteiger partial charge in [0.05, 0.1) is 66.2 Å². The van der Waals surface area contributed by atoms with Crippen molar-refractivity contribution in [2.75, 3.05) is 0 Å². The summed E-state index contributed by atoms with van der Waals surface area (Å²) >= 11 is 0. The fraction of sp³-hybridized carbons (Fsp3) is 0. The van der Waals surface area contributed by atoms with Crippen LogP contribution in [-0.2, 0) is 0 Å². The van der Waals surface area contributed by atoms with Gasteiger partial charge in [0.15, 0.2) is 0 Å². The smallest absolute Gasteiger partial charge is 0.0715 e. The van der Waals surface area contributed by atoms with Crippen molar-refractivity contribution in [3.8, 4) is 66.8 Å². The van der Waals surface area contributed by atoms with Crippen molar-refractivity contribution in [1.82, 2.24) is 29.9 Å². The molecule has 0 spiro atoms. The summed E-state index contributed by atoms with van der Waals surface area (Å²) in [7, 11) is 0. The predicted molar refractivity (Wildman–Crippen MR) is 376 cm³/mol. The van der Waals surface area contributed by atoms with Gasteiger partial charge in [0.1, 0.15) is 0 Å². The third-order valence-electron chi connectivity index (χ3n) is 18.5. The molecular weight excluding hydrogens is 1090 g/mol. The second-order valence-electron chi connectivity index (χ2n) is 23.4. The van der Waals surface area contributed by atoms with Gasteiger partial charge in [0, 0.05) is 131 Å². The number of nitrogens with zero attached hydrogens (tertiary/aromatic N) is 6. The Kier molecular flexibility index (Phi) is 11.0. The first kappa shape index (κ1) is 50.1. The molecule has 414 valence electrons. The SMILES string of the molecule is c1ccc2c(-c3c(-c4c5ccccc5nc5ccccc45)c(-c4c5ccccc5nc5ccccc45)c(-c4c5ccccc5nc5ccccc45)c(-c4c5ccccc5nc5ccccc45)c3-c3c4ccccc4nc4ccccc34)c3ccccc3nc2c1. The van der Waals surface area contributed by atoms with Crippen molar-refractivity contribution in [2.45, 2.75) is 0 Å². The summed E-state index contributed by atoms with van der Waals surface area (Å²) in [6.45, 7) is 0. The Morgan fingerprint density at radius 3 is 0.289 bits per heavy atom. The first-order chi connectivity index (χ1) is 44.7. The van der Waals surface area contributed by atoms with Crippen LogP contribution in [0.25, 0.3) is 198 Å². The van der Waals surface area contributed by atoms with Gasteiger partial charge in [0.2, 0.25) is 0 Å². The molecule has 6 aromatic heterocycles. The zero-order valence-electron chi connectivity index (χ0n) is 48.4. The largest absolute Gasteiger partial charge is 0.248 e. The van der Waals surface area contributed by atoms with Crippen LogP contribution in [0.3, 0.4) is 0 Å². The molecule has 0 aliphatic rings. The van der Waals surface area contributed by atoms with Crippen LogP contribution in [0.15, 0.2) is 291 Å². The lowest BCUT2D eigenvalue weighted by molar-refractivity contribution is 1.47. The molecule has 0 bridgehead atoms. The molecule has 0 amide bonds. The monoisotopic (exact) mass is 1140 g/mol. The van der Waals surface area contributed by atoms with E-state index in [2.05, 4.69) is 291 Å². The summed E-state index contributed by atoms with van der Waals surface area (Å²) in [4.78, 5) is 33.5. The highest BCUT2D eigenvalue weighted by Gasteiger charge is 2.37. The first-order valence-corrected chi connectivity index (χ1v) is 30.6. The van der Waals surface area contributed by atoms with Gasteiger partial charge in [0.25, 0.3) is 0 Å². The van der Waals surface area contributed by atoms with Gasteiger partial charge in [-0.05, 0) is 72.8 Å². The summed E-state index contributed by atoms with van der Waals surface area (Å²) in [5.41, 5.74) is 23.2. The Morgan fingerprint density at radius 2 is 0.189 bits per heavy atom. The van der Waals surface area contributed by atoms with Crippen LogP contribution in [0.2, 0.25) is 0 Å². The third kappa shape index (κ3) is 7.39. The molecule has 6 heteroatoms. The Hall–Kier alpha value is -12.1. The van der Waals surface area contributed by atoms with Crippen LogP contribution in [0.4, 0.5) is 0 Å². The minimum absolute atomic E-state index is 0.884. The lowest BCUT2D eigenvalue weighted by atomic mass is 9.70. The van der Waals surface area contributed by atoms with Crippen LogP contribution < -0.4 is 0 Å². The number of hydrogen-bond acceptors (Lipinski definition) is 6. The first-order valence-electron chi connectivity index (χ1n) is 30.6. The molecule has 90 heavy (non-hydrogen) atoms. The molecule has 19 aromatic rings. The van der Waals surface area contributed by atoms with Crippen molar-refractivity contribution >= 4 is 131 Å². The highest BCUT2D eigenvalue weighted by atomic mass is 14.7. The Balaban J connectivity index is 1.28. The van der Waals surface area contributed by atoms with Crippen molar-refractivity contribution in [2.24, 2.45) is 0 Å². The molecule has 0 aliphatic heterocycles. The maximum Gasteiger partial charge on any atom is 0.0715 e. The van der Waals surface area contributed by atoms with Gasteiger partial charge >= 0.3 is 0 Å². The predicted octanol–water partition coefficient (Wildman–Crippen LogP) is 21.9. The molecule has 0 unspecified atom stereocenters. The normalized spacial score (nSPS) is 12.0. The molecule has 0 saturated heterocycles. The summed E-state index contributed by atoms with van der Waals surface area (Å²) in [5, 5.41) is 12.2. The van der Waals surface area contributed by atoms with E-state index in [0.29, 0.717) is 0 Å². The Morgan fingerprint density at radius 1 is 0.100 bits per heavy atom. The molecule has 0 radical (unpaired) electrons. The van der Waals surface area contributed by atoms with E-state index in [0.717, 1.165) is 198 Å². The van der Waals surface area contributed by atoms with Gasteiger partial charge in [-0.15, -0.1) is 0 Å². The van der Waals surface area contributed by atoms with Crippen LogP contribution in [-0.4, -0.2) is 29.9 Å². The summed E-state index contributed by atoms with van der Waals surface area (Å²) in [6.07, 6.45) is 0. The van der Waals surface area contributed by atoms with Gasteiger partial charge in [-0.25, -0.2) is 29.9 Å². The maximum atomic E-state index is 5.58. The van der Waals surface area contributed by atoms with E-state index in [4.69, 9.17) is 29.9 Å². The van der Waals surface area contributed by atoms with E-state index < -0.39 is 0 Å². The zero-order chi connectivity index (χ0) is 59.0. The topological polar surface area (TPSA) is 77.3 Å². The van der Waals surface area contributed by atoms with Gasteiger partial charge in [-0.1, -0.05) is 218 Å². The second kappa shape index (κ2) is 19.7. The average molecular weight is 1140 g/mol. The maximum absolute atomic E-state index is 5.58. The fourth-order valence-electron chi connectivity index (χ4n) is 14.9. The molecule has 0 fully saturated rings. The van der Waals surface area contributed by atoms with E-state index in [-0.39, 0.29) is 0 Å². The van der Waals surface area contributed by atoms with Crippen molar-refractivity contribution in [3.05, 3.63) is 291 Å². The van der Waals surface area contributed by atoms with E-state index in [1.807, 2.05) is 0 Å². The Bertz CT molecular complexity index is 4970. The molecule has 19 rings (SSSR count). The number of para-hydroxylation sites is 12. The van der Waals surface area contributed by atoms with E-state index in [1.54, 1.807) is 0 Å². The summed E-state index contributed by atoms with van der Waals surface area (Å²) < 4.78 is 0. The summed E-state index contributed by atoms with van der Waals surface area (Å²) in [5.74, 6) is 0. The summed E-state index contributed by atoms with van der Waals surface area (Å²) in [6, 6.07) is 105. The number of hydrogen-bond donors (Lipinski definition) is 0. The van der Waals surface area contributed by atoms with Crippen LogP contribution >= 0.6 is 0 Å². The molecule has 0 N–H and O–H groups in total. The highest BCUT2D eigenvalue weighted by Crippen LogP contribution is 2.63. The number of pyridine rings is 6. The zero-order valence-corrected chi connectivity index (χ0v) is 48.4. The molecular formula is C84H48N6. The standard InChI is InChI=1S/C84H48N6/c1-13-37-61-49(25-1)73(50-26-2-14-38-62(50)85-61)79-80(74-51-27-3-15-39-63(51)86-64-40-16-4-28-52(64)74)82(76-55-31-7-19-43-67(55)88-68-44-20-8-32-56(68)76)84(78-59-35-11-23-47-71(59)90-72-48-24-12-36-60(72)78)83(77-57-33-9-21-45-69(57)89-70-46-22-10-34-58(70)77)81(79)75-53-29-5-17-41-65(53)87-66-42-18-6-30-54(66)75/h1-48H. The molecule has 6 heterocycles. The number of fused-ring (bicyclic) bond motifs is 12. The minimum atomic E-state index is 0.884. The van der Waals surface area contributed by atoms with Crippen LogP contribution in [0.1, 0.15) is 0 Å². The average Bonchev–Trinajstić information content (AvgIpc) is 0.693. The van der Waals surface area contributed by atoms with Crippen LogP contribution in [0.5, 0.6) is 0 Å². The van der Waals surface area contributed by atoms with E-state index in [9.17, 15) is 0 Å². The molecule has 0 atom stereocenters. The lowest BCUT2D eigenvalue weighted by Crippen LogP contribution is -2.07. The quantitative estimate of drug-likeness (QED) is 0.154. The Labute approximate surface area is 515 Å². The van der Waals surface area contributed by atoms with E-state index in [1.165, 1.54) is 0 Å². The van der Waals surface area contributed by atoms with Crippen molar-refractivity contribution in [3.63, 3.8) is 0 Å². The van der Waals surface area contributed by atoms with Crippen LogP contribution in [0, 0.1) is 0 Å². The molecule has 0 saturated carbocycles. The van der Waals surface area contributed by atoms with Crippen molar-refractivity contribution < 1.29 is 0 Å². The number of rotatable bonds is 6. The number of aromatic nitrogens is 6. The molecule has 6 nitrogen and oxygen atoms in total. The fourth-order valence-corrected chi connectivity index (χ4v) is 14.9. The third-order valence-corrected chi connectivity index (χ3v) is 18.5. The number of benzene rings is 13. The van der Waals surface area contributed by atoms with Crippen molar-refractivity contribution in [1.29, 1.82) is 0 Å². The minimum Gasteiger partial charge on any atom is -0.248 e. The highest BCUT2D eigenvalue weighted by molar-refractivity contribution is 6.35. The second-order valence-corrected chi connectivity index (χ2v) is 23.4. The van der Waals surface area contributed by atoms with Gasteiger partial charge in [-0.3, -0.25) is 0 Å². The van der Waals surface area contributed by atoms with E-state index >= 15 is 0 Å². The lowest BCUT2D eigenvalue weighted by Gasteiger charge is -2.33.